The van der Waals surface area contributed by atoms with Crippen LogP contribution in [0.5, 0.6) is 0 Å². The van der Waals surface area contributed by atoms with Gasteiger partial charge in [-0.2, -0.15) is 0 Å². The standard InChI is InChI=1S/C21H21FN2O4.C15H14FNO2/c1-27-19(25)15-7-8-16(18(22)9-15)10-24(17-5-3-2-4-6-17)20(26)23-11-21(12-23)13-28-14-21;1-19-15(18)11-7-8-12(14(16)9-11)10-17-13-5-3-2-4-6-13/h2-9H,10-14H2,1H3;2-9,17H,10H2,1H3. The summed E-state index contributed by atoms with van der Waals surface area (Å²) in [6.07, 6.45) is 0. The molecule has 2 heterocycles. The molecule has 0 saturated carbocycles. The number of amides is 2. The van der Waals surface area contributed by atoms with Crippen molar-refractivity contribution in [2.24, 2.45) is 5.41 Å². The van der Waals surface area contributed by atoms with E-state index < -0.39 is 23.6 Å². The highest BCUT2D eigenvalue weighted by molar-refractivity contribution is 5.93. The maximum Gasteiger partial charge on any atom is 0.337 e. The van der Waals surface area contributed by atoms with Gasteiger partial charge in [0.05, 0.1) is 50.5 Å². The predicted molar refractivity (Wildman–Crippen MR) is 172 cm³/mol. The van der Waals surface area contributed by atoms with Crippen molar-refractivity contribution in [3.8, 4) is 0 Å². The van der Waals surface area contributed by atoms with Gasteiger partial charge >= 0.3 is 18.0 Å². The second-order valence-corrected chi connectivity index (χ2v) is 11.4. The van der Waals surface area contributed by atoms with Crippen LogP contribution in [0.2, 0.25) is 0 Å². The van der Waals surface area contributed by atoms with Crippen molar-refractivity contribution >= 4 is 29.3 Å². The van der Waals surface area contributed by atoms with E-state index in [2.05, 4.69) is 14.8 Å². The lowest BCUT2D eigenvalue weighted by Gasteiger charge is -2.55. The first kappa shape index (κ1) is 33.1. The number of benzene rings is 4. The molecule has 6 rings (SSSR count). The molecule has 0 radical (unpaired) electrons. The summed E-state index contributed by atoms with van der Waals surface area (Å²) in [6.45, 7) is 3.10. The number of likely N-dealkylation sites (tertiary alicyclic amines) is 1. The van der Waals surface area contributed by atoms with Gasteiger partial charge in [0.2, 0.25) is 0 Å². The van der Waals surface area contributed by atoms with Crippen molar-refractivity contribution in [2.75, 3.05) is 50.7 Å². The molecule has 0 bridgehead atoms. The number of nitrogens with one attached hydrogen (secondary N) is 1. The fraction of sp³-hybridized carbons (Fsp3) is 0.250. The number of methoxy groups -OCH3 is 2. The highest BCUT2D eigenvalue weighted by atomic mass is 19.1. The third-order valence-corrected chi connectivity index (χ3v) is 7.97. The van der Waals surface area contributed by atoms with E-state index in [4.69, 9.17) is 4.74 Å². The normalized spacial score (nSPS) is 14.1. The quantitative estimate of drug-likeness (QED) is 0.225. The molecular formula is C36H35F2N3O6. The van der Waals surface area contributed by atoms with E-state index in [0.29, 0.717) is 49.7 Å². The zero-order valence-corrected chi connectivity index (χ0v) is 26.1. The smallest absolute Gasteiger partial charge is 0.337 e. The van der Waals surface area contributed by atoms with E-state index in [1.807, 2.05) is 60.7 Å². The highest BCUT2D eigenvalue weighted by Gasteiger charge is 2.51. The number of anilines is 2. The van der Waals surface area contributed by atoms with Gasteiger partial charge in [0.15, 0.2) is 0 Å². The fourth-order valence-corrected chi connectivity index (χ4v) is 5.30. The summed E-state index contributed by atoms with van der Waals surface area (Å²) in [4.78, 5) is 39.3. The summed E-state index contributed by atoms with van der Waals surface area (Å²) in [5.41, 5.74) is 2.88. The Morgan fingerprint density at radius 2 is 1.32 bits per heavy atom. The lowest BCUT2D eigenvalue weighted by atomic mass is 9.78. The second-order valence-electron chi connectivity index (χ2n) is 11.4. The molecule has 244 valence electrons. The molecule has 2 amide bonds. The van der Waals surface area contributed by atoms with Crippen LogP contribution in [0, 0.1) is 17.0 Å². The molecule has 0 atom stereocenters. The number of hydrogen-bond acceptors (Lipinski definition) is 7. The average molecular weight is 644 g/mol. The fourth-order valence-electron chi connectivity index (χ4n) is 5.30. The minimum atomic E-state index is -0.602. The molecule has 47 heavy (non-hydrogen) atoms. The second kappa shape index (κ2) is 14.9. The van der Waals surface area contributed by atoms with Gasteiger partial charge in [-0.15, -0.1) is 0 Å². The minimum absolute atomic E-state index is 0.0656. The number of halogens is 2. The first-order valence-corrected chi connectivity index (χ1v) is 14.9. The van der Waals surface area contributed by atoms with Crippen molar-refractivity contribution in [3.63, 3.8) is 0 Å². The van der Waals surface area contributed by atoms with Crippen LogP contribution in [0.4, 0.5) is 25.0 Å². The third kappa shape index (κ3) is 7.93. The van der Waals surface area contributed by atoms with Gasteiger partial charge in [0, 0.05) is 42.1 Å². The zero-order valence-electron chi connectivity index (χ0n) is 26.1. The molecule has 0 aliphatic carbocycles. The molecule has 2 fully saturated rings. The topological polar surface area (TPSA) is 97.4 Å². The lowest BCUT2D eigenvalue weighted by molar-refractivity contribution is -0.174. The van der Waals surface area contributed by atoms with Crippen LogP contribution in [0.15, 0.2) is 97.1 Å². The van der Waals surface area contributed by atoms with Crippen molar-refractivity contribution < 1.29 is 37.4 Å². The van der Waals surface area contributed by atoms with Gasteiger partial charge in [0.1, 0.15) is 11.6 Å². The number of carbonyl (C=O) groups is 3. The van der Waals surface area contributed by atoms with Crippen molar-refractivity contribution in [1.29, 1.82) is 0 Å². The van der Waals surface area contributed by atoms with Crippen LogP contribution in [0.3, 0.4) is 0 Å². The van der Waals surface area contributed by atoms with E-state index in [0.717, 1.165) is 11.8 Å². The molecule has 0 unspecified atom stereocenters. The maximum atomic E-state index is 14.6. The molecule has 2 aliphatic heterocycles. The first-order chi connectivity index (χ1) is 22.7. The largest absolute Gasteiger partial charge is 0.465 e. The van der Waals surface area contributed by atoms with E-state index >= 15 is 0 Å². The number of para-hydroxylation sites is 2. The van der Waals surface area contributed by atoms with E-state index in [9.17, 15) is 23.2 Å². The van der Waals surface area contributed by atoms with Crippen LogP contribution < -0.4 is 10.2 Å². The number of urea groups is 1. The summed E-state index contributed by atoms with van der Waals surface area (Å²) in [5.74, 6) is -2.12. The Morgan fingerprint density at radius 3 is 1.81 bits per heavy atom. The summed E-state index contributed by atoms with van der Waals surface area (Å²) >= 11 is 0. The van der Waals surface area contributed by atoms with Crippen LogP contribution in [-0.4, -0.2) is 63.4 Å². The van der Waals surface area contributed by atoms with Gasteiger partial charge < -0.3 is 24.4 Å². The average Bonchev–Trinajstić information content (AvgIpc) is 3.06. The number of hydrogen-bond donors (Lipinski definition) is 1. The molecule has 2 aliphatic rings. The first-order valence-electron chi connectivity index (χ1n) is 14.9. The maximum absolute atomic E-state index is 14.6. The molecule has 0 aromatic heterocycles. The lowest BCUT2D eigenvalue weighted by Crippen LogP contribution is -2.68. The van der Waals surface area contributed by atoms with Crippen LogP contribution in [0.1, 0.15) is 31.8 Å². The number of carbonyl (C=O) groups excluding carboxylic acids is 3. The SMILES string of the molecule is COC(=O)c1ccc(CN(C(=O)N2CC3(COC3)C2)c2ccccc2)c(F)c1.COC(=O)c1ccc(CNc2ccccc2)c(F)c1. The number of ether oxygens (including phenoxy) is 3. The Hall–Kier alpha value is -5.29. The Bertz CT molecular complexity index is 1710. The molecule has 4 aromatic carbocycles. The van der Waals surface area contributed by atoms with E-state index in [-0.39, 0.29) is 29.1 Å². The molecule has 9 nitrogen and oxygen atoms in total. The van der Waals surface area contributed by atoms with Crippen molar-refractivity contribution in [3.05, 3.63) is 131 Å². The number of rotatable bonds is 8. The summed E-state index contributed by atoms with van der Waals surface area (Å²) in [5, 5.41) is 3.11. The van der Waals surface area contributed by atoms with Crippen molar-refractivity contribution in [1.82, 2.24) is 4.90 Å². The van der Waals surface area contributed by atoms with Gasteiger partial charge in [-0.3, -0.25) is 4.90 Å². The van der Waals surface area contributed by atoms with Gasteiger partial charge in [-0.1, -0.05) is 48.5 Å². The van der Waals surface area contributed by atoms with Gasteiger partial charge in [-0.05, 0) is 48.5 Å². The number of esters is 2. The van der Waals surface area contributed by atoms with E-state index in [1.165, 1.54) is 32.4 Å². The molecular weight excluding hydrogens is 608 g/mol. The molecule has 1 spiro atoms. The van der Waals surface area contributed by atoms with Crippen molar-refractivity contribution in [2.45, 2.75) is 13.1 Å². The minimum Gasteiger partial charge on any atom is -0.465 e. The Morgan fingerprint density at radius 1 is 0.787 bits per heavy atom. The highest BCUT2D eigenvalue weighted by Crippen LogP contribution is 2.38. The molecule has 2 saturated heterocycles. The number of nitrogens with zero attached hydrogens (tertiary/aromatic N) is 2. The summed E-state index contributed by atoms with van der Waals surface area (Å²) in [7, 11) is 2.52. The molecule has 1 N–H and O–H groups in total. The zero-order chi connectivity index (χ0) is 33.4. The van der Waals surface area contributed by atoms with Crippen LogP contribution in [-0.2, 0) is 27.3 Å². The summed E-state index contributed by atoms with van der Waals surface area (Å²) in [6, 6.07) is 27.0. The summed E-state index contributed by atoms with van der Waals surface area (Å²) < 4.78 is 42.8. The molecule has 11 heteroatoms. The Balaban J connectivity index is 0.000000199. The monoisotopic (exact) mass is 643 g/mol. The van der Waals surface area contributed by atoms with E-state index in [1.54, 1.807) is 21.9 Å². The van der Waals surface area contributed by atoms with Gasteiger partial charge in [0.25, 0.3) is 0 Å². The van der Waals surface area contributed by atoms with Gasteiger partial charge in [-0.25, -0.2) is 23.2 Å². The van der Waals surface area contributed by atoms with Crippen LogP contribution in [0.25, 0.3) is 0 Å². The molecule has 4 aromatic rings. The van der Waals surface area contributed by atoms with Crippen LogP contribution >= 0.6 is 0 Å². The predicted octanol–water partition coefficient (Wildman–Crippen LogP) is 6.30. The Labute approximate surface area is 271 Å². The Kier molecular flexibility index (Phi) is 10.5. The third-order valence-electron chi connectivity index (χ3n) is 7.97.